The smallest absolute Gasteiger partial charge is 0.370 e. The van der Waals surface area contributed by atoms with Crippen LogP contribution in [0.1, 0.15) is 29.5 Å². The summed E-state index contributed by atoms with van der Waals surface area (Å²) < 4.78 is 40.5. The normalized spacial score (nSPS) is 20.8. The topological polar surface area (TPSA) is 76.4 Å². The molecule has 9 heteroatoms. The molecule has 2 saturated heterocycles. The lowest BCUT2D eigenvalue weighted by Crippen LogP contribution is -2.43. The molecule has 0 spiro atoms. The van der Waals surface area contributed by atoms with Crippen molar-refractivity contribution in [3.63, 3.8) is 0 Å². The molecule has 2 aliphatic heterocycles. The van der Waals surface area contributed by atoms with Crippen LogP contribution in [0.4, 0.5) is 18.9 Å². The quantitative estimate of drug-likeness (QED) is 0.680. The molecule has 2 heterocycles. The van der Waals surface area contributed by atoms with E-state index in [0.29, 0.717) is 38.3 Å². The second kappa shape index (κ2) is 10.6. The Hall–Kier alpha value is -3.54. The summed E-state index contributed by atoms with van der Waals surface area (Å²) in [6.45, 7) is 1.95. The van der Waals surface area contributed by atoms with Gasteiger partial charge < -0.3 is 15.1 Å². The highest BCUT2D eigenvalue weighted by atomic mass is 19.4. The SMILES string of the molecule is CNC(=O)[C@@H]1CN(c2ccc(C#N)c(C(F)(F)F)c2)C[C@H]1C1CCN(C(=O)Cc2ccccc2)CC1. The first-order valence-electron chi connectivity index (χ1n) is 12.1. The summed E-state index contributed by atoms with van der Waals surface area (Å²) in [6.07, 6.45) is -2.80. The number of halogens is 3. The zero-order valence-corrected chi connectivity index (χ0v) is 20.1. The number of alkyl halides is 3. The molecule has 2 fully saturated rings. The van der Waals surface area contributed by atoms with E-state index >= 15 is 0 Å². The number of nitrogens with zero attached hydrogens (tertiary/aromatic N) is 3. The van der Waals surface area contributed by atoms with Crippen molar-refractivity contribution < 1.29 is 22.8 Å². The summed E-state index contributed by atoms with van der Waals surface area (Å²) in [4.78, 5) is 29.2. The number of carbonyl (C=O) groups excluding carboxylic acids is 2. The predicted octanol–water partition coefficient (Wildman–Crippen LogP) is 3.86. The average Bonchev–Trinajstić information content (AvgIpc) is 3.33. The van der Waals surface area contributed by atoms with Gasteiger partial charge in [-0.2, -0.15) is 18.4 Å². The Labute approximate surface area is 208 Å². The van der Waals surface area contributed by atoms with E-state index in [1.807, 2.05) is 40.1 Å². The lowest BCUT2D eigenvalue weighted by molar-refractivity contribution is -0.137. The van der Waals surface area contributed by atoms with Gasteiger partial charge in [0, 0.05) is 38.9 Å². The number of nitriles is 1. The largest absolute Gasteiger partial charge is 0.417 e. The molecule has 0 unspecified atom stereocenters. The number of hydrogen-bond acceptors (Lipinski definition) is 4. The van der Waals surface area contributed by atoms with Gasteiger partial charge in [0.15, 0.2) is 0 Å². The van der Waals surface area contributed by atoms with Crippen LogP contribution in [0.5, 0.6) is 0 Å². The standard InChI is InChI=1S/C27H29F3N4O2/c1-32-26(36)23-17-34(21-8-7-20(15-31)24(14-21)27(28,29)30)16-22(23)19-9-11-33(12-10-19)25(35)13-18-5-3-2-4-6-18/h2-8,14,19,22-23H,9-13,16-17H2,1H3,(H,32,36)/t22-,23+/m0/s1. The van der Waals surface area contributed by atoms with Gasteiger partial charge in [-0.25, -0.2) is 0 Å². The number of hydrogen-bond donors (Lipinski definition) is 1. The molecule has 190 valence electrons. The maximum absolute atomic E-state index is 13.5. The Balaban J connectivity index is 1.46. The van der Waals surface area contributed by atoms with Gasteiger partial charge in [0.1, 0.15) is 0 Å². The molecule has 36 heavy (non-hydrogen) atoms. The van der Waals surface area contributed by atoms with Crippen LogP contribution in [0.3, 0.4) is 0 Å². The van der Waals surface area contributed by atoms with Crippen molar-refractivity contribution >= 4 is 17.5 Å². The highest BCUT2D eigenvalue weighted by Gasteiger charge is 2.43. The molecule has 2 amide bonds. The summed E-state index contributed by atoms with van der Waals surface area (Å²) in [7, 11) is 1.57. The van der Waals surface area contributed by atoms with E-state index in [1.54, 1.807) is 13.1 Å². The minimum absolute atomic E-state index is 0.0405. The van der Waals surface area contributed by atoms with Crippen LogP contribution in [0.25, 0.3) is 0 Å². The molecule has 0 bridgehead atoms. The number of amides is 2. The van der Waals surface area contributed by atoms with Crippen LogP contribution in [0.2, 0.25) is 0 Å². The molecule has 0 radical (unpaired) electrons. The Kier molecular flexibility index (Phi) is 7.53. The van der Waals surface area contributed by atoms with Crippen LogP contribution in [-0.2, 0) is 22.2 Å². The van der Waals surface area contributed by atoms with Gasteiger partial charge in [-0.3, -0.25) is 9.59 Å². The van der Waals surface area contributed by atoms with Gasteiger partial charge in [0.25, 0.3) is 0 Å². The Morgan fingerprint density at radius 1 is 1.08 bits per heavy atom. The van der Waals surface area contributed by atoms with Crippen LogP contribution < -0.4 is 10.2 Å². The first kappa shape index (κ1) is 25.5. The molecule has 2 aromatic rings. The third-order valence-corrected chi connectivity index (χ3v) is 7.44. The fraction of sp³-hybridized carbons (Fsp3) is 0.444. The number of nitrogens with one attached hydrogen (secondary N) is 1. The summed E-state index contributed by atoms with van der Waals surface area (Å²) in [5, 5.41) is 11.8. The van der Waals surface area contributed by atoms with Crippen LogP contribution >= 0.6 is 0 Å². The summed E-state index contributed by atoms with van der Waals surface area (Å²) in [6, 6.07) is 14.9. The number of anilines is 1. The molecule has 6 nitrogen and oxygen atoms in total. The van der Waals surface area contributed by atoms with Gasteiger partial charge in [0.05, 0.1) is 29.5 Å². The van der Waals surface area contributed by atoms with Gasteiger partial charge in [-0.05, 0) is 48.4 Å². The number of rotatable bonds is 5. The maximum Gasteiger partial charge on any atom is 0.417 e. The van der Waals surface area contributed by atoms with Crippen molar-refractivity contribution in [2.45, 2.75) is 25.4 Å². The van der Waals surface area contributed by atoms with Crippen LogP contribution in [-0.4, -0.2) is 49.9 Å². The van der Waals surface area contributed by atoms with Crippen LogP contribution in [0, 0.1) is 29.1 Å². The van der Waals surface area contributed by atoms with E-state index in [0.717, 1.165) is 24.5 Å². The second-order valence-corrected chi connectivity index (χ2v) is 9.51. The highest BCUT2D eigenvalue weighted by Crippen LogP contribution is 2.40. The predicted molar refractivity (Wildman–Crippen MR) is 129 cm³/mol. The minimum atomic E-state index is -4.64. The third kappa shape index (κ3) is 5.48. The molecule has 1 N–H and O–H groups in total. The summed E-state index contributed by atoms with van der Waals surface area (Å²) in [5.74, 6) is -0.279. The number of likely N-dealkylation sites (tertiary alicyclic amines) is 1. The molecule has 2 aliphatic rings. The van der Waals surface area contributed by atoms with Crippen molar-refractivity contribution in [1.82, 2.24) is 10.2 Å². The van der Waals surface area contributed by atoms with Gasteiger partial charge >= 0.3 is 6.18 Å². The fourth-order valence-corrected chi connectivity index (χ4v) is 5.50. The average molecular weight is 499 g/mol. The van der Waals surface area contributed by atoms with Crippen LogP contribution in [0.15, 0.2) is 48.5 Å². The van der Waals surface area contributed by atoms with E-state index < -0.39 is 17.3 Å². The van der Waals surface area contributed by atoms with E-state index in [2.05, 4.69) is 5.32 Å². The lowest BCUT2D eigenvalue weighted by Gasteiger charge is -2.36. The van der Waals surface area contributed by atoms with E-state index in [-0.39, 0.29) is 29.6 Å². The van der Waals surface area contributed by atoms with Crippen molar-refractivity contribution in [3.05, 3.63) is 65.2 Å². The molecule has 2 aromatic carbocycles. The second-order valence-electron chi connectivity index (χ2n) is 9.51. The maximum atomic E-state index is 13.5. The van der Waals surface area contributed by atoms with Gasteiger partial charge in [-0.1, -0.05) is 30.3 Å². The van der Waals surface area contributed by atoms with Crippen molar-refractivity contribution in [3.8, 4) is 6.07 Å². The Bertz CT molecular complexity index is 1140. The van der Waals surface area contributed by atoms with E-state index in [4.69, 9.17) is 5.26 Å². The minimum Gasteiger partial charge on any atom is -0.370 e. The molecule has 0 aromatic heterocycles. The summed E-state index contributed by atoms with van der Waals surface area (Å²) >= 11 is 0. The lowest BCUT2D eigenvalue weighted by atomic mass is 9.78. The zero-order chi connectivity index (χ0) is 25.9. The molecule has 2 atom stereocenters. The number of benzene rings is 2. The van der Waals surface area contributed by atoms with Crippen molar-refractivity contribution in [2.24, 2.45) is 17.8 Å². The van der Waals surface area contributed by atoms with Gasteiger partial charge in [-0.15, -0.1) is 0 Å². The zero-order valence-electron chi connectivity index (χ0n) is 20.1. The highest BCUT2D eigenvalue weighted by molar-refractivity contribution is 5.80. The first-order valence-corrected chi connectivity index (χ1v) is 12.1. The monoisotopic (exact) mass is 498 g/mol. The first-order chi connectivity index (χ1) is 17.2. The van der Waals surface area contributed by atoms with Crippen molar-refractivity contribution in [1.29, 1.82) is 5.26 Å². The molecular weight excluding hydrogens is 469 g/mol. The fourth-order valence-electron chi connectivity index (χ4n) is 5.50. The molecule has 0 saturated carbocycles. The number of carbonyl (C=O) groups is 2. The van der Waals surface area contributed by atoms with E-state index in [1.165, 1.54) is 12.1 Å². The van der Waals surface area contributed by atoms with E-state index in [9.17, 15) is 22.8 Å². The third-order valence-electron chi connectivity index (χ3n) is 7.44. The van der Waals surface area contributed by atoms with Gasteiger partial charge in [0.2, 0.25) is 11.8 Å². The Morgan fingerprint density at radius 3 is 2.39 bits per heavy atom. The molecule has 0 aliphatic carbocycles. The van der Waals surface area contributed by atoms with Crippen molar-refractivity contribution in [2.75, 3.05) is 38.1 Å². The Morgan fingerprint density at radius 2 is 1.78 bits per heavy atom. The molecule has 4 rings (SSSR count). The number of piperidine rings is 1. The summed E-state index contributed by atoms with van der Waals surface area (Å²) in [5.41, 5.74) is -0.0605. The molecular formula is C27H29F3N4O2.